The van der Waals surface area contributed by atoms with Crippen LogP contribution in [0, 0.1) is 0 Å². The first kappa shape index (κ1) is 24.0. The van der Waals surface area contributed by atoms with Crippen LogP contribution in [0.1, 0.15) is 22.6 Å². The van der Waals surface area contributed by atoms with Gasteiger partial charge in [-0.3, -0.25) is 9.97 Å². The largest absolute Gasteiger partial charge is 0.253 e. The lowest BCUT2D eigenvalue weighted by Crippen LogP contribution is -2.03. The summed E-state index contributed by atoms with van der Waals surface area (Å²) in [5.41, 5.74) is 13.1. The molecule has 8 aromatic rings. The van der Waals surface area contributed by atoms with Gasteiger partial charge in [0.15, 0.2) is 0 Å². The van der Waals surface area contributed by atoms with Gasteiger partial charge in [0.2, 0.25) is 0 Å². The molecule has 1 heterocycles. The van der Waals surface area contributed by atoms with Crippen molar-refractivity contribution in [2.75, 3.05) is 0 Å². The van der Waals surface area contributed by atoms with Crippen LogP contribution in [0.3, 0.4) is 0 Å². The van der Waals surface area contributed by atoms with Crippen LogP contribution in [-0.2, 0) is 0 Å². The van der Waals surface area contributed by atoms with Gasteiger partial charge < -0.3 is 0 Å². The molecule has 0 unspecified atom stereocenters. The highest BCUT2D eigenvalue weighted by molar-refractivity contribution is 6.09. The molecule has 7 aromatic carbocycles. The molecule has 2 nitrogen and oxygen atoms in total. The van der Waals surface area contributed by atoms with E-state index in [0.717, 1.165) is 16.6 Å². The first-order chi connectivity index (χ1) is 21.3. The van der Waals surface area contributed by atoms with E-state index in [2.05, 4.69) is 140 Å². The van der Waals surface area contributed by atoms with Crippen molar-refractivity contribution >= 4 is 32.6 Å². The first-order valence-electron chi connectivity index (χ1n) is 14.8. The van der Waals surface area contributed by atoms with Gasteiger partial charge >= 0.3 is 0 Å². The van der Waals surface area contributed by atoms with Crippen molar-refractivity contribution in [2.45, 2.75) is 5.92 Å². The highest BCUT2D eigenvalue weighted by Crippen LogP contribution is 2.51. The van der Waals surface area contributed by atoms with Crippen LogP contribution < -0.4 is 0 Å². The van der Waals surface area contributed by atoms with E-state index in [0.29, 0.717) is 0 Å². The summed E-state index contributed by atoms with van der Waals surface area (Å²) >= 11 is 0. The van der Waals surface area contributed by atoms with Crippen LogP contribution in [0.4, 0.5) is 0 Å². The molecule has 43 heavy (non-hydrogen) atoms. The molecule has 0 N–H and O–H groups in total. The van der Waals surface area contributed by atoms with Crippen LogP contribution in [0.5, 0.6) is 0 Å². The Morgan fingerprint density at radius 3 is 1.84 bits per heavy atom. The van der Waals surface area contributed by atoms with Crippen LogP contribution in [0.15, 0.2) is 152 Å². The third-order valence-electron chi connectivity index (χ3n) is 9.06. The standard InChI is InChI=1S/C41H26N2/c1-2-10-26(11-3-1)29-18-19-33(31-15-7-6-14-30(29)31)35-20-21-36(41-40(35)42-22-23-43-41)39-34-17-9-8-16-32(34)37-24-27-12-4-5-13-28(27)25-38(37)39/h1-25,39H/t39-/m1/s1. The fourth-order valence-corrected chi connectivity index (χ4v) is 7.16. The Bertz CT molecular complexity index is 2350. The minimum absolute atomic E-state index is 0.0845. The average molecular weight is 547 g/mol. The molecule has 2 heteroatoms. The fourth-order valence-electron chi connectivity index (χ4n) is 7.16. The maximum Gasteiger partial charge on any atom is 0.0968 e. The Kier molecular flexibility index (Phi) is 5.30. The fraction of sp³-hybridized carbons (Fsp3) is 0.0244. The molecule has 0 amide bonds. The highest BCUT2D eigenvalue weighted by Gasteiger charge is 2.32. The van der Waals surface area contributed by atoms with Crippen LogP contribution in [-0.4, -0.2) is 9.97 Å². The average Bonchev–Trinajstić information content (AvgIpc) is 3.39. The zero-order chi connectivity index (χ0) is 28.3. The van der Waals surface area contributed by atoms with Gasteiger partial charge in [0.25, 0.3) is 0 Å². The van der Waals surface area contributed by atoms with Gasteiger partial charge in [-0.25, -0.2) is 0 Å². The van der Waals surface area contributed by atoms with E-state index in [1.54, 1.807) is 0 Å². The second kappa shape index (κ2) is 9.47. The van der Waals surface area contributed by atoms with Gasteiger partial charge in [0.05, 0.1) is 11.0 Å². The maximum absolute atomic E-state index is 5.00. The van der Waals surface area contributed by atoms with Crippen molar-refractivity contribution in [2.24, 2.45) is 0 Å². The third kappa shape index (κ3) is 3.67. The van der Waals surface area contributed by atoms with Crippen LogP contribution in [0.2, 0.25) is 0 Å². The Balaban J connectivity index is 1.28. The summed E-state index contributed by atoms with van der Waals surface area (Å²) in [6.45, 7) is 0. The minimum atomic E-state index is 0.0845. The molecule has 0 spiro atoms. The Hall–Kier alpha value is -5.60. The number of nitrogens with zero attached hydrogens (tertiary/aromatic N) is 2. The Morgan fingerprint density at radius 1 is 0.372 bits per heavy atom. The quantitative estimate of drug-likeness (QED) is 0.220. The van der Waals surface area contributed by atoms with Crippen LogP contribution in [0.25, 0.3) is 66.0 Å². The molecular formula is C41H26N2. The summed E-state index contributed by atoms with van der Waals surface area (Å²) in [4.78, 5) is 9.98. The van der Waals surface area contributed by atoms with E-state index < -0.39 is 0 Å². The molecule has 1 aromatic heterocycles. The zero-order valence-corrected chi connectivity index (χ0v) is 23.4. The predicted molar refractivity (Wildman–Crippen MR) is 178 cm³/mol. The lowest BCUT2D eigenvalue weighted by atomic mass is 9.85. The van der Waals surface area contributed by atoms with Crippen molar-refractivity contribution in [3.05, 3.63) is 169 Å². The zero-order valence-electron chi connectivity index (χ0n) is 23.4. The third-order valence-corrected chi connectivity index (χ3v) is 9.06. The first-order valence-corrected chi connectivity index (χ1v) is 14.8. The van der Waals surface area contributed by atoms with E-state index in [1.165, 1.54) is 66.1 Å². The highest BCUT2D eigenvalue weighted by atomic mass is 14.8. The molecule has 0 fully saturated rings. The normalized spacial score (nSPS) is 13.8. The molecular weight excluding hydrogens is 520 g/mol. The second-order valence-electron chi connectivity index (χ2n) is 11.3. The van der Waals surface area contributed by atoms with E-state index in [1.807, 2.05) is 12.4 Å². The molecule has 1 aliphatic carbocycles. The van der Waals surface area contributed by atoms with Crippen molar-refractivity contribution in [3.63, 3.8) is 0 Å². The van der Waals surface area contributed by atoms with Gasteiger partial charge in [-0.05, 0) is 78.2 Å². The maximum atomic E-state index is 5.00. The Morgan fingerprint density at radius 2 is 1.00 bits per heavy atom. The van der Waals surface area contributed by atoms with Gasteiger partial charge in [0.1, 0.15) is 0 Å². The van der Waals surface area contributed by atoms with Crippen molar-refractivity contribution in [3.8, 4) is 33.4 Å². The number of benzene rings is 7. The van der Waals surface area contributed by atoms with E-state index >= 15 is 0 Å². The van der Waals surface area contributed by atoms with Crippen LogP contribution >= 0.6 is 0 Å². The SMILES string of the molecule is c1ccc(-c2ccc(-c3ccc([C@H]4c5ccccc5-c5cc6ccccc6cc54)c4nccnc34)c3ccccc23)cc1. The predicted octanol–water partition coefficient (Wildman–Crippen LogP) is 10.4. The van der Waals surface area contributed by atoms with Gasteiger partial charge in [-0.2, -0.15) is 0 Å². The molecule has 0 aliphatic heterocycles. The van der Waals surface area contributed by atoms with E-state index in [9.17, 15) is 0 Å². The molecule has 1 atom stereocenters. The molecule has 0 saturated heterocycles. The lowest BCUT2D eigenvalue weighted by molar-refractivity contribution is 1.02. The van der Waals surface area contributed by atoms with Gasteiger partial charge in [-0.1, -0.05) is 127 Å². The monoisotopic (exact) mass is 546 g/mol. The summed E-state index contributed by atoms with van der Waals surface area (Å²) in [5.74, 6) is 0.0845. The number of hydrogen-bond donors (Lipinski definition) is 0. The molecule has 0 saturated carbocycles. The summed E-state index contributed by atoms with van der Waals surface area (Å²) in [6, 6.07) is 50.6. The number of fused-ring (bicyclic) bond motifs is 6. The summed E-state index contributed by atoms with van der Waals surface area (Å²) in [5, 5.41) is 4.97. The second-order valence-corrected chi connectivity index (χ2v) is 11.3. The molecule has 0 bridgehead atoms. The van der Waals surface area contributed by atoms with Crippen molar-refractivity contribution in [1.29, 1.82) is 0 Å². The van der Waals surface area contributed by atoms with Crippen molar-refractivity contribution < 1.29 is 0 Å². The van der Waals surface area contributed by atoms with E-state index in [4.69, 9.17) is 9.97 Å². The smallest absolute Gasteiger partial charge is 0.0968 e. The Labute approximate surface area is 250 Å². The lowest BCUT2D eigenvalue weighted by Gasteiger charge is -2.19. The molecule has 9 rings (SSSR count). The minimum Gasteiger partial charge on any atom is -0.253 e. The molecule has 200 valence electrons. The van der Waals surface area contributed by atoms with Gasteiger partial charge in [-0.15, -0.1) is 0 Å². The summed E-state index contributed by atoms with van der Waals surface area (Å²) in [6.07, 6.45) is 3.65. The topological polar surface area (TPSA) is 25.8 Å². The number of hydrogen-bond acceptors (Lipinski definition) is 2. The van der Waals surface area contributed by atoms with Gasteiger partial charge in [0, 0.05) is 23.9 Å². The molecule has 1 aliphatic rings. The number of rotatable bonds is 3. The summed E-state index contributed by atoms with van der Waals surface area (Å²) in [7, 11) is 0. The van der Waals surface area contributed by atoms with Crippen molar-refractivity contribution in [1.82, 2.24) is 9.97 Å². The van der Waals surface area contributed by atoms with E-state index in [-0.39, 0.29) is 5.92 Å². The number of aromatic nitrogens is 2. The molecule has 0 radical (unpaired) electrons. The summed E-state index contributed by atoms with van der Waals surface area (Å²) < 4.78 is 0.